The van der Waals surface area contributed by atoms with Gasteiger partial charge in [0.1, 0.15) is 0 Å². The summed E-state index contributed by atoms with van der Waals surface area (Å²) in [6.07, 6.45) is 13.4. The Hall–Kier alpha value is -1.10. The van der Waals surface area contributed by atoms with Crippen LogP contribution in [0.1, 0.15) is 117 Å². The average Bonchev–Trinajstić information content (AvgIpc) is 2.66. The summed E-state index contributed by atoms with van der Waals surface area (Å²) >= 11 is 0. The molecule has 0 amide bonds. The number of carboxylic acids is 2. The smallest absolute Gasteiger partial charge is 0.309 e. The standard InChI is InChI=1S/C23H44O5/c1-3-5-7-9-14-20(21(25)26)15-13-18-23(22(27)28,17-11-12-19-24)16-10-8-6-4-2/h20,24H,3-19H2,1-2H3,(H,25,26)(H,27,28). The SMILES string of the molecule is CCCCCCC(CCCC(CCCCO)(CCCCCC)C(=O)O)C(=O)O. The predicted molar refractivity (Wildman–Crippen MR) is 114 cm³/mol. The van der Waals surface area contributed by atoms with E-state index in [2.05, 4.69) is 13.8 Å². The number of aliphatic hydroxyl groups excluding tert-OH is 1. The van der Waals surface area contributed by atoms with Gasteiger partial charge in [-0.3, -0.25) is 9.59 Å². The lowest BCUT2D eigenvalue weighted by Crippen LogP contribution is -2.31. The molecule has 5 nitrogen and oxygen atoms in total. The Labute approximate surface area is 171 Å². The van der Waals surface area contributed by atoms with E-state index in [-0.39, 0.29) is 12.5 Å². The van der Waals surface area contributed by atoms with E-state index in [9.17, 15) is 19.8 Å². The van der Waals surface area contributed by atoms with Crippen molar-refractivity contribution in [2.24, 2.45) is 11.3 Å². The summed E-state index contributed by atoms with van der Waals surface area (Å²) in [6.45, 7) is 4.36. The largest absolute Gasteiger partial charge is 0.481 e. The van der Waals surface area contributed by atoms with Gasteiger partial charge in [0.15, 0.2) is 0 Å². The van der Waals surface area contributed by atoms with Crippen LogP contribution in [0.5, 0.6) is 0 Å². The molecular formula is C23H44O5. The van der Waals surface area contributed by atoms with Gasteiger partial charge >= 0.3 is 11.9 Å². The van der Waals surface area contributed by atoms with Crippen molar-refractivity contribution in [1.29, 1.82) is 0 Å². The molecule has 5 heteroatoms. The highest BCUT2D eigenvalue weighted by molar-refractivity contribution is 5.74. The second-order valence-corrected chi connectivity index (χ2v) is 8.35. The van der Waals surface area contributed by atoms with E-state index in [1.54, 1.807) is 0 Å². The highest BCUT2D eigenvalue weighted by Gasteiger charge is 2.37. The van der Waals surface area contributed by atoms with E-state index in [1.165, 1.54) is 0 Å². The van der Waals surface area contributed by atoms with Crippen molar-refractivity contribution in [3.8, 4) is 0 Å². The molecule has 0 saturated carbocycles. The van der Waals surface area contributed by atoms with Gasteiger partial charge < -0.3 is 15.3 Å². The van der Waals surface area contributed by atoms with Gasteiger partial charge in [0, 0.05) is 6.61 Å². The number of aliphatic carboxylic acids is 2. The summed E-state index contributed by atoms with van der Waals surface area (Å²) in [5, 5.41) is 28.5. The molecule has 166 valence electrons. The fraction of sp³-hybridized carbons (Fsp3) is 0.913. The van der Waals surface area contributed by atoms with Crippen LogP contribution in [-0.2, 0) is 9.59 Å². The third-order valence-electron chi connectivity index (χ3n) is 5.99. The van der Waals surface area contributed by atoms with Gasteiger partial charge in [-0.1, -0.05) is 78.1 Å². The number of carbonyl (C=O) groups is 2. The van der Waals surface area contributed by atoms with Crippen molar-refractivity contribution in [2.45, 2.75) is 117 Å². The number of carboxylic acid groups (broad SMARTS) is 2. The van der Waals surface area contributed by atoms with Gasteiger partial charge in [-0.15, -0.1) is 0 Å². The van der Waals surface area contributed by atoms with E-state index in [4.69, 9.17) is 5.11 Å². The summed E-state index contributed by atoms with van der Waals surface area (Å²) in [4.78, 5) is 23.7. The fourth-order valence-corrected chi connectivity index (χ4v) is 4.06. The zero-order valence-electron chi connectivity index (χ0n) is 18.3. The Morgan fingerprint density at radius 1 is 0.714 bits per heavy atom. The maximum Gasteiger partial charge on any atom is 0.309 e. The lowest BCUT2D eigenvalue weighted by atomic mass is 9.73. The zero-order valence-corrected chi connectivity index (χ0v) is 18.3. The third-order valence-corrected chi connectivity index (χ3v) is 5.99. The molecular weight excluding hydrogens is 356 g/mol. The van der Waals surface area contributed by atoms with Crippen molar-refractivity contribution in [3.05, 3.63) is 0 Å². The van der Waals surface area contributed by atoms with Crippen LogP contribution < -0.4 is 0 Å². The van der Waals surface area contributed by atoms with Crippen molar-refractivity contribution in [1.82, 2.24) is 0 Å². The van der Waals surface area contributed by atoms with E-state index in [0.29, 0.717) is 51.4 Å². The minimum Gasteiger partial charge on any atom is -0.481 e. The number of rotatable bonds is 20. The highest BCUT2D eigenvalue weighted by Crippen LogP contribution is 2.38. The Bertz CT molecular complexity index is 410. The molecule has 0 aromatic carbocycles. The van der Waals surface area contributed by atoms with E-state index in [0.717, 1.165) is 51.4 Å². The number of hydrogen-bond acceptors (Lipinski definition) is 3. The zero-order chi connectivity index (χ0) is 21.3. The van der Waals surface area contributed by atoms with Gasteiger partial charge in [-0.05, 0) is 38.5 Å². The van der Waals surface area contributed by atoms with Gasteiger partial charge in [0.25, 0.3) is 0 Å². The minimum absolute atomic E-state index is 0.0877. The first-order valence-corrected chi connectivity index (χ1v) is 11.5. The number of aliphatic hydroxyl groups is 1. The monoisotopic (exact) mass is 400 g/mol. The van der Waals surface area contributed by atoms with Crippen molar-refractivity contribution < 1.29 is 24.9 Å². The Kier molecular flexibility index (Phi) is 16.2. The number of hydrogen-bond donors (Lipinski definition) is 3. The molecule has 2 atom stereocenters. The molecule has 0 aliphatic heterocycles. The van der Waals surface area contributed by atoms with Crippen LogP contribution >= 0.6 is 0 Å². The van der Waals surface area contributed by atoms with Crippen LogP contribution in [0.25, 0.3) is 0 Å². The average molecular weight is 401 g/mol. The Morgan fingerprint density at radius 3 is 1.71 bits per heavy atom. The fourth-order valence-electron chi connectivity index (χ4n) is 4.06. The van der Waals surface area contributed by atoms with Crippen LogP contribution in [0.2, 0.25) is 0 Å². The van der Waals surface area contributed by atoms with Crippen LogP contribution in [0, 0.1) is 11.3 Å². The van der Waals surface area contributed by atoms with Crippen molar-refractivity contribution >= 4 is 11.9 Å². The molecule has 0 aliphatic rings. The van der Waals surface area contributed by atoms with Crippen molar-refractivity contribution in [3.63, 3.8) is 0 Å². The first-order valence-electron chi connectivity index (χ1n) is 11.5. The lowest BCUT2D eigenvalue weighted by molar-refractivity contribution is -0.151. The quantitative estimate of drug-likeness (QED) is 0.217. The molecule has 0 saturated heterocycles. The predicted octanol–water partition coefficient (Wildman–Crippen LogP) is 6.03. The summed E-state index contributed by atoms with van der Waals surface area (Å²) in [7, 11) is 0. The molecule has 0 radical (unpaired) electrons. The van der Waals surface area contributed by atoms with Crippen LogP contribution in [0.15, 0.2) is 0 Å². The molecule has 0 aliphatic carbocycles. The normalized spacial score (nSPS) is 14.5. The molecule has 0 bridgehead atoms. The summed E-state index contributed by atoms with van der Waals surface area (Å²) < 4.78 is 0. The Balaban J connectivity index is 4.78. The summed E-state index contributed by atoms with van der Waals surface area (Å²) in [5.74, 6) is -1.86. The molecule has 0 heterocycles. The topological polar surface area (TPSA) is 94.8 Å². The second-order valence-electron chi connectivity index (χ2n) is 8.35. The molecule has 0 rings (SSSR count). The first-order chi connectivity index (χ1) is 13.4. The molecule has 0 aromatic rings. The summed E-state index contributed by atoms with van der Waals surface area (Å²) in [6, 6.07) is 0. The van der Waals surface area contributed by atoms with Crippen LogP contribution in [0.4, 0.5) is 0 Å². The maximum absolute atomic E-state index is 12.2. The molecule has 28 heavy (non-hydrogen) atoms. The van der Waals surface area contributed by atoms with Gasteiger partial charge in [0.2, 0.25) is 0 Å². The highest BCUT2D eigenvalue weighted by atomic mass is 16.4. The molecule has 2 unspecified atom stereocenters. The lowest BCUT2D eigenvalue weighted by Gasteiger charge is -2.30. The molecule has 0 aromatic heterocycles. The van der Waals surface area contributed by atoms with Crippen LogP contribution in [-0.4, -0.2) is 33.9 Å². The second kappa shape index (κ2) is 16.8. The molecule has 3 N–H and O–H groups in total. The minimum atomic E-state index is -0.770. The van der Waals surface area contributed by atoms with Crippen LogP contribution in [0.3, 0.4) is 0 Å². The number of unbranched alkanes of at least 4 members (excludes halogenated alkanes) is 7. The van der Waals surface area contributed by atoms with Gasteiger partial charge in [-0.2, -0.15) is 0 Å². The summed E-state index contributed by atoms with van der Waals surface area (Å²) in [5.41, 5.74) is -0.770. The third kappa shape index (κ3) is 11.7. The molecule has 0 fully saturated rings. The first kappa shape index (κ1) is 26.9. The van der Waals surface area contributed by atoms with E-state index in [1.807, 2.05) is 0 Å². The molecule has 0 spiro atoms. The Morgan fingerprint density at radius 2 is 1.21 bits per heavy atom. The maximum atomic E-state index is 12.2. The van der Waals surface area contributed by atoms with E-state index < -0.39 is 17.4 Å². The van der Waals surface area contributed by atoms with Crippen molar-refractivity contribution in [2.75, 3.05) is 6.61 Å². The van der Waals surface area contributed by atoms with Gasteiger partial charge in [0.05, 0.1) is 11.3 Å². The van der Waals surface area contributed by atoms with E-state index >= 15 is 0 Å². The van der Waals surface area contributed by atoms with Gasteiger partial charge in [-0.25, -0.2) is 0 Å².